The van der Waals surface area contributed by atoms with Crippen LogP contribution in [0.25, 0.3) is 0 Å². The smallest absolute Gasteiger partial charge is 0.225 e. The molecule has 2 aromatic rings. The maximum absolute atomic E-state index is 13.1. The molecule has 0 aromatic carbocycles. The van der Waals surface area contributed by atoms with Crippen molar-refractivity contribution in [3.05, 3.63) is 48.0 Å². The summed E-state index contributed by atoms with van der Waals surface area (Å²) >= 11 is 0. The van der Waals surface area contributed by atoms with Crippen molar-refractivity contribution in [1.82, 2.24) is 24.8 Å². The molecule has 0 saturated carbocycles. The number of nitrogens with zero attached hydrogens (tertiary/aromatic N) is 6. The summed E-state index contributed by atoms with van der Waals surface area (Å²) in [5.41, 5.74) is 8.33. The van der Waals surface area contributed by atoms with E-state index in [4.69, 9.17) is 10.6 Å². The van der Waals surface area contributed by atoms with Crippen LogP contribution in [0.1, 0.15) is 50.8 Å². The Morgan fingerprint density at radius 2 is 1.68 bits per heavy atom. The van der Waals surface area contributed by atoms with Crippen molar-refractivity contribution in [1.29, 1.82) is 0 Å². The standard InChI is InChI=1S/C23H31N7O2.C2H6/c1-32-28-21(20-4-2-3-9-25-20)18-7-12-30(13-8-18)22(31)19-5-10-29(11-6-19)16-17-14-26-23(24)27-15-17;1-2/h2-4,9,14-15,18-19H,5-8,10-13,16H2,1H3,(H2,24,26,27);1-2H3/b28-21+;. The summed E-state index contributed by atoms with van der Waals surface area (Å²) < 4.78 is 0. The van der Waals surface area contributed by atoms with Gasteiger partial charge in [0.2, 0.25) is 11.9 Å². The number of pyridine rings is 1. The quantitative estimate of drug-likeness (QED) is 0.514. The highest BCUT2D eigenvalue weighted by molar-refractivity contribution is 6.00. The minimum absolute atomic E-state index is 0.105. The lowest BCUT2D eigenvalue weighted by Gasteiger charge is -2.37. The van der Waals surface area contributed by atoms with Crippen molar-refractivity contribution in [2.45, 2.75) is 46.1 Å². The Labute approximate surface area is 202 Å². The number of carbonyl (C=O) groups is 1. The van der Waals surface area contributed by atoms with Gasteiger partial charge in [-0.3, -0.25) is 14.7 Å². The number of aromatic nitrogens is 3. The average Bonchev–Trinajstić information content (AvgIpc) is 2.90. The summed E-state index contributed by atoms with van der Waals surface area (Å²) in [6, 6.07) is 5.81. The normalized spacial score (nSPS) is 18.2. The van der Waals surface area contributed by atoms with E-state index in [-0.39, 0.29) is 11.8 Å². The van der Waals surface area contributed by atoms with Crippen LogP contribution in [0.3, 0.4) is 0 Å². The van der Waals surface area contributed by atoms with Crippen LogP contribution in [-0.2, 0) is 16.2 Å². The van der Waals surface area contributed by atoms with Gasteiger partial charge < -0.3 is 15.5 Å². The van der Waals surface area contributed by atoms with Crippen molar-refractivity contribution in [3.8, 4) is 0 Å². The summed E-state index contributed by atoms with van der Waals surface area (Å²) in [6.45, 7) is 8.11. The zero-order valence-electron chi connectivity index (χ0n) is 20.6. The Balaban J connectivity index is 0.00000158. The van der Waals surface area contributed by atoms with Crippen LogP contribution in [0, 0.1) is 11.8 Å². The van der Waals surface area contributed by atoms with E-state index < -0.39 is 0 Å². The van der Waals surface area contributed by atoms with E-state index in [0.717, 1.165) is 75.4 Å². The third kappa shape index (κ3) is 6.72. The Kier molecular flexibility index (Phi) is 9.75. The fourth-order valence-corrected chi connectivity index (χ4v) is 4.62. The molecular formula is C25H37N7O2. The van der Waals surface area contributed by atoms with Crippen molar-refractivity contribution in [3.63, 3.8) is 0 Å². The maximum atomic E-state index is 13.1. The highest BCUT2D eigenvalue weighted by atomic mass is 16.6. The molecule has 2 aliphatic heterocycles. The van der Waals surface area contributed by atoms with Crippen LogP contribution in [0.5, 0.6) is 0 Å². The minimum Gasteiger partial charge on any atom is -0.399 e. The second-order valence-corrected chi connectivity index (χ2v) is 8.47. The number of piperidine rings is 2. The number of nitrogens with two attached hydrogens (primary N) is 1. The van der Waals surface area contributed by atoms with E-state index in [2.05, 4.69) is 25.0 Å². The van der Waals surface area contributed by atoms with Crippen LogP contribution in [0.4, 0.5) is 5.95 Å². The van der Waals surface area contributed by atoms with Crippen LogP contribution >= 0.6 is 0 Å². The second-order valence-electron chi connectivity index (χ2n) is 8.47. The number of anilines is 1. The Hall–Kier alpha value is -3.07. The molecule has 1 amide bonds. The van der Waals surface area contributed by atoms with E-state index in [1.807, 2.05) is 36.9 Å². The van der Waals surface area contributed by atoms with Gasteiger partial charge in [-0.2, -0.15) is 0 Å². The minimum atomic E-state index is 0.105. The number of hydrogen-bond donors (Lipinski definition) is 1. The van der Waals surface area contributed by atoms with Crippen molar-refractivity contribution in [2.24, 2.45) is 17.0 Å². The molecule has 2 saturated heterocycles. The molecule has 9 heteroatoms. The predicted octanol–water partition coefficient (Wildman–Crippen LogP) is 2.98. The molecule has 0 spiro atoms. The summed E-state index contributed by atoms with van der Waals surface area (Å²) in [5.74, 6) is 0.940. The maximum Gasteiger partial charge on any atom is 0.225 e. The largest absolute Gasteiger partial charge is 0.399 e. The first-order valence-corrected chi connectivity index (χ1v) is 12.2. The zero-order valence-corrected chi connectivity index (χ0v) is 20.6. The lowest BCUT2D eigenvalue weighted by atomic mass is 9.88. The van der Waals surface area contributed by atoms with Crippen molar-refractivity contribution in [2.75, 3.05) is 39.0 Å². The number of likely N-dealkylation sites (tertiary alicyclic amines) is 2. The molecule has 4 rings (SSSR count). The molecule has 0 radical (unpaired) electrons. The van der Waals surface area contributed by atoms with E-state index in [9.17, 15) is 4.79 Å². The fraction of sp³-hybridized carbons (Fsp3) is 0.560. The summed E-state index contributed by atoms with van der Waals surface area (Å²) in [4.78, 5) is 35.2. The number of oxime groups is 1. The van der Waals surface area contributed by atoms with Gasteiger partial charge in [-0.05, 0) is 50.9 Å². The average molecular weight is 468 g/mol. The van der Waals surface area contributed by atoms with Crippen molar-refractivity contribution < 1.29 is 9.63 Å². The molecule has 9 nitrogen and oxygen atoms in total. The van der Waals surface area contributed by atoms with E-state index in [0.29, 0.717) is 11.9 Å². The molecule has 2 fully saturated rings. The molecule has 4 heterocycles. The number of carbonyl (C=O) groups excluding carboxylic acids is 1. The predicted molar refractivity (Wildman–Crippen MR) is 133 cm³/mol. The van der Waals surface area contributed by atoms with Crippen LogP contribution in [0.2, 0.25) is 0 Å². The van der Waals surface area contributed by atoms with Crippen LogP contribution in [-0.4, -0.2) is 69.7 Å². The molecule has 2 aromatic heterocycles. The van der Waals surface area contributed by atoms with E-state index in [1.165, 1.54) is 0 Å². The molecule has 0 aliphatic carbocycles. The molecule has 0 bridgehead atoms. The van der Waals surface area contributed by atoms with Gasteiger partial charge in [0.1, 0.15) is 12.8 Å². The van der Waals surface area contributed by atoms with Gasteiger partial charge >= 0.3 is 0 Å². The van der Waals surface area contributed by atoms with Gasteiger partial charge in [-0.15, -0.1) is 0 Å². The molecule has 184 valence electrons. The number of amides is 1. The van der Waals surface area contributed by atoms with E-state index in [1.54, 1.807) is 25.7 Å². The molecule has 2 aliphatic rings. The SMILES string of the molecule is CC.CO/N=C(/c1ccccn1)C1CCN(C(=O)C2CCN(Cc3cnc(N)nc3)CC2)CC1. The second kappa shape index (κ2) is 13.0. The first kappa shape index (κ1) is 25.6. The summed E-state index contributed by atoms with van der Waals surface area (Å²) in [5, 5.41) is 4.25. The van der Waals surface area contributed by atoms with Gasteiger partial charge in [-0.25, -0.2) is 9.97 Å². The molecule has 0 unspecified atom stereocenters. The van der Waals surface area contributed by atoms with Gasteiger partial charge in [0.05, 0.1) is 5.69 Å². The zero-order chi connectivity index (χ0) is 24.3. The highest BCUT2D eigenvalue weighted by Crippen LogP contribution is 2.26. The van der Waals surface area contributed by atoms with Crippen LogP contribution < -0.4 is 5.73 Å². The topological polar surface area (TPSA) is 110 Å². The first-order chi connectivity index (χ1) is 16.6. The molecule has 34 heavy (non-hydrogen) atoms. The van der Waals surface area contributed by atoms with Gasteiger partial charge in [-0.1, -0.05) is 25.1 Å². The van der Waals surface area contributed by atoms with Gasteiger partial charge in [0, 0.05) is 55.6 Å². The van der Waals surface area contributed by atoms with Gasteiger partial charge in [0.15, 0.2) is 0 Å². The Bertz CT molecular complexity index is 905. The number of rotatable bonds is 6. The Morgan fingerprint density at radius 1 is 1.03 bits per heavy atom. The van der Waals surface area contributed by atoms with E-state index >= 15 is 0 Å². The van der Waals surface area contributed by atoms with Crippen molar-refractivity contribution >= 4 is 17.6 Å². The first-order valence-electron chi connectivity index (χ1n) is 12.2. The third-order valence-corrected chi connectivity index (χ3v) is 6.38. The third-order valence-electron chi connectivity index (χ3n) is 6.38. The molecule has 2 N–H and O–H groups in total. The Morgan fingerprint density at radius 3 is 2.26 bits per heavy atom. The summed E-state index contributed by atoms with van der Waals surface area (Å²) in [6.07, 6.45) is 8.84. The highest BCUT2D eigenvalue weighted by Gasteiger charge is 2.32. The lowest BCUT2D eigenvalue weighted by Crippen LogP contribution is -2.46. The van der Waals surface area contributed by atoms with Gasteiger partial charge in [0.25, 0.3) is 0 Å². The lowest BCUT2D eigenvalue weighted by molar-refractivity contribution is -0.138. The molecule has 0 atom stereocenters. The number of nitrogen functional groups attached to an aromatic ring is 1. The van der Waals surface area contributed by atoms with Crippen LogP contribution in [0.15, 0.2) is 41.9 Å². The number of hydrogen-bond acceptors (Lipinski definition) is 8. The monoisotopic (exact) mass is 467 g/mol. The summed E-state index contributed by atoms with van der Waals surface area (Å²) in [7, 11) is 1.56. The fourth-order valence-electron chi connectivity index (χ4n) is 4.62. The molecular weight excluding hydrogens is 430 g/mol.